The van der Waals surface area contributed by atoms with Gasteiger partial charge in [-0.25, -0.2) is 0 Å². The molecule has 1 aliphatic carbocycles. The summed E-state index contributed by atoms with van der Waals surface area (Å²) in [5.41, 5.74) is 6.04. The first-order valence-electron chi connectivity index (χ1n) is 6.78. The van der Waals surface area contributed by atoms with Gasteiger partial charge >= 0.3 is 0 Å². The molecule has 2 aliphatic rings. The first kappa shape index (κ1) is 13.6. The molecule has 6 nitrogen and oxygen atoms in total. The van der Waals surface area contributed by atoms with Gasteiger partial charge < -0.3 is 16.4 Å². The third-order valence-corrected chi connectivity index (χ3v) is 3.54. The second-order valence-electron chi connectivity index (χ2n) is 4.89. The number of nitrogens with two attached hydrogens (primary N) is 1. The normalized spacial score (nSPS) is 21.6. The van der Waals surface area contributed by atoms with Gasteiger partial charge in [-0.3, -0.25) is 14.6 Å². The van der Waals surface area contributed by atoms with E-state index in [0.29, 0.717) is 18.8 Å². The summed E-state index contributed by atoms with van der Waals surface area (Å²) in [6.07, 6.45) is 6.41. The zero-order valence-electron chi connectivity index (χ0n) is 10.9. The predicted molar refractivity (Wildman–Crippen MR) is 72.3 cm³/mol. The van der Waals surface area contributed by atoms with Gasteiger partial charge in [-0.15, -0.1) is 0 Å². The SMILES string of the molecule is NC=C(NC(=O)C1CCCCC1)C1=NCCNC1=O. The number of hydrogen-bond acceptors (Lipinski definition) is 4. The fourth-order valence-corrected chi connectivity index (χ4v) is 2.48. The molecule has 0 spiro atoms. The molecule has 1 fully saturated rings. The van der Waals surface area contributed by atoms with E-state index < -0.39 is 0 Å². The van der Waals surface area contributed by atoms with Crippen LogP contribution in [0.4, 0.5) is 0 Å². The van der Waals surface area contributed by atoms with Crippen LogP contribution in [0.1, 0.15) is 32.1 Å². The second-order valence-corrected chi connectivity index (χ2v) is 4.89. The van der Waals surface area contributed by atoms with E-state index >= 15 is 0 Å². The summed E-state index contributed by atoms with van der Waals surface area (Å²) in [6, 6.07) is 0. The molecule has 1 heterocycles. The molecule has 104 valence electrons. The number of carbonyl (C=O) groups excluding carboxylic acids is 2. The Kier molecular flexibility index (Phi) is 4.54. The Balaban J connectivity index is 2.01. The lowest BCUT2D eigenvalue weighted by atomic mass is 9.88. The summed E-state index contributed by atoms with van der Waals surface area (Å²) in [5.74, 6) is -0.319. The van der Waals surface area contributed by atoms with Crippen molar-refractivity contribution in [2.75, 3.05) is 13.1 Å². The first-order chi connectivity index (χ1) is 9.22. The van der Waals surface area contributed by atoms with E-state index in [1.54, 1.807) is 0 Å². The molecular formula is C13H20N4O2. The summed E-state index contributed by atoms with van der Waals surface area (Å²) in [4.78, 5) is 27.9. The Bertz CT molecular complexity index is 422. The number of carbonyl (C=O) groups is 2. The van der Waals surface area contributed by atoms with Crippen LogP contribution in [0, 0.1) is 5.92 Å². The Morgan fingerprint density at radius 1 is 1.37 bits per heavy atom. The third kappa shape index (κ3) is 3.33. The van der Waals surface area contributed by atoms with Crippen molar-refractivity contribution in [1.29, 1.82) is 0 Å². The summed E-state index contributed by atoms with van der Waals surface area (Å²) in [5, 5.41) is 5.42. The van der Waals surface area contributed by atoms with Crippen LogP contribution in [0.2, 0.25) is 0 Å². The molecule has 0 atom stereocenters. The molecule has 2 amide bonds. The minimum Gasteiger partial charge on any atom is -0.403 e. The molecule has 1 aliphatic heterocycles. The van der Waals surface area contributed by atoms with Gasteiger partial charge in [0.25, 0.3) is 5.91 Å². The van der Waals surface area contributed by atoms with Gasteiger partial charge in [0.2, 0.25) is 5.91 Å². The van der Waals surface area contributed by atoms with Crippen molar-refractivity contribution >= 4 is 17.5 Å². The number of rotatable bonds is 3. The van der Waals surface area contributed by atoms with Gasteiger partial charge in [0.1, 0.15) is 5.71 Å². The van der Waals surface area contributed by atoms with E-state index in [9.17, 15) is 9.59 Å². The number of nitrogens with one attached hydrogen (secondary N) is 2. The standard InChI is InChI=1S/C13H20N4O2/c14-8-10(11-13(19)16-7-6-15-11)17-12(18)9-4-2-1-3-5-9/h8-9H,1-7,14H2,(H,16,19)(H,17,18). The molecule has 6 heteroatoms. The Hall–Kier alpha value is -1.85. The highest BCUT2D eigenvalue weighted by Gasteiger charge is 2.25. The fraction of sp³-hybridized carbons (Fsp3) is 0.615. The smallest absolute Gasteiger partial charge is 0.271 e. The first-order valence-corrected chi connectivity index (χ1v) is 6.78. The van der Waals surface area contributed by atoms with Crippen molar-refractivity contribution < 1.29 is 9.59 Å². The van der Waals surface area contributed by atoms with Gasteiger partial charge in [-0.1, -0.05) is 19.3 Å². The van der Waals surface area contributed by atoms with Crippen LogP contribution >= 0.6 is 0 Å². The molecule has 0 saturated heterocycles. The lowest BCUT2D eigenvalue weighted by Gasteiger charge is -2.22. The second kappa shape index (κ2) is 6.36. The van der Waals surface area contributed by atoms with Crippen LogP contribution in [0.15, 0.2) is 16.9 Å². The van der Waals surface area contributed by atoms with Gasteiger partial charge in [0.05, 0.1) is 12.2 Å². The van der Waals surface area contributed by atoms with E-state index in [0.717, 1.165) is 25.7 Å². The summed E-state index contributed by atoms with van der Waals surface area (Å²) in [6.45, 7) is 1.04. The highest BCUT2D eigenvalue weighted by molar-refractivity contribution is 6.45. The summed E-state index contributed by atoms with van der Waals surface area (Å²) < 4.78 is 0. The average molecular weight is 264 g/mol. The minimum atomic E-state index is -0.285. The van der Waals surface area contributed by atoms with E-state index in [4.69, 9.17) is 5.73 Å². The predicted octanol–water partition coefficient (Wildman–Crippen LogP) is 0.0538. The van der Waals surface area contributed by atoms with Gasteiger partial charge in [-0.2, -0.15) is 0 Å². The van der Waals surface area contributed by atoms with Crippen LogP contribution in [-0.4, -0.2) is 30.6 Å². The van der Waals surface area contributed by atoms with Gasteiger partial charge in [0, 0.05) is 18.7 Å². The Morgan fingerprint density at radius 3 is 2.74 bits per heavy atom. The lowest BCUT2D eigenvalue weighted by Crippen LogP contribution is -2.43. The monoisotopic (exact) mass is 264 g/mol. The number of hydrogen-bond donors (Lipinski definition) is 3. The maximum atomic E-state index is 12.1. The molecule has 19 heavy (non-hydrogen) atoms. The number of amides is 2. The molecule has 1 saturated carbocycles. The number of aliphatic imine (C=N–C) groups is 1. The zero-order chi connectivity index (χ0) is 13.7. The zero-order valence-corrected chi connectivity index (χ0v) is 10.9. The topological polar surface area (TPSA) is 96.6 Å². The molecule has 0 aromatic heterocycles. The van der Waals surface area contributed by atoms with Crippen LogP contribution in [0.3, 0.4) is 0 Å². The van der Waals surface area contributed by atoms with Gasteiger partial charge in [-0.05, 0) is 12.8 Å². The van der Waals surface area contributed by atoms with Gasteiger partial charge in [0.15, 0.2) is 0 Å². The summed E-state index contributed by atoms with van der Waals surface area (Å²) in [7, 11) is 0. The Labute approximate surface area is 112 Å². The fourth-order valence-electron chi connectivity index (χ4n) is 2.48. The van der Waals surface area contributed by atoms with E-state index in [-0.39, 0.29) is 23.4 Å². The highest BCUT2D eigenvalue weighted by Crippen LogP contribution is 2.23. The molecule has 0 radical (unpaired) electrons. The molecule has 4 N–H and O–H groups in total. The van der Waals surface area contributed by atoms with E-state index in [2.05, 4.69) is 15.6 Å². The van der Waals surface area contributed by atoms with E-state index in [1.807, 2.05) is 0 Å². The van der Waals surface area contributed by atoms with Crippen molar-refractivity contribution in [3.8, 4) is 0 Å². The van der Waals surface area contributed by atoms with Crippen molar-refractivity contribution in [2.45, 2.75) is 32.1 Å². The molecular weight excluding hydrogens is 244 g/mol. The molecule has 0 aromatic carbocycles. The number of nitrogens with zero attached hydrogens (tertiary/aromatic N) is 1. The molecule has 0 bridgehead atoms. The quantitative estimate of drug-likeness (QED) is 0.672. The van der Waals surface area contributed by atoms with Crippen molar-refractivity contribution in [1.82, 2.24) is 10.6 Å². The Morgan fingerprint density at radius 2 is 2.11 bits per heavy atom. The maximum Gasteiger partial charge on any atom is 0.271 e. The average Bonchev–Trinajstić information content (AvgIpc) is 2.46. The van der Waals surface area contributed by atoms with Crippen molar-refractivity contribution in [2.24, 2.45) is 16.6 Å². The van der Waals surface area contributed by atoms with Crippen molar-refractivity contribution in [3.05, 3.63) is 11.9 Å². The van der Waals surface area contributed by atoms with Crippen LogP contribution in [0.25, 0.3) is 0 Å². The lowest BCUT2D eigenvalue weighted by molar-refractivity contribution is -0.125. The molecule has 2 rings (SSSR count). The van der Waals surface area contributed by atoms with Crippen LogP contribution < -0.4 is 16.4 Å². The summed E-state index contributed by atoms with van der Waals surface area (Å²) >= 11 is 0. The molecule has 0 aromatic rings. The van der Waals surface area contributed by atoms with Crippen molar-refractivity contribution in [3.63, 3.8) is 0 Å². The van der Waals surface area contributed by atoms with E-state index in [1.165, 1.54) is 12.6 Å². The van der Waals surface area contributed by atoms with Crippen LogP contribution in [0.5, 0.6) is 0 Å². The van der Waals surface area contributed by atoms with Crippen LogP contribution in [-0.2, 0) is 9.59 Å². The largest absolute Gasteiger partial charge is 0.403 e. The third-order valence-electron chi connectivity index (χ3n) is 3.54. The minimum absolute atomic E-state index is 0.0240. The highest BCUT2D eigenvalue weighted by atomic mass is 16.2. The maximum absolute atomic E-state index is 12.1. The molecule has 0 unspecified atom stereocenters.